The molecule has 0 bridgehead atoms. The first-order chi connectivity index (χ1) is 18.4. The minimum absolute atomic E-state index is 0.0717. The Kier molecular flexibility index (Phi) is 8.81. The van der Waals surface area contributed by atoms with Crippen molar-refractivity contribution in [3.05, 3.63) is 70.9 Å². The summed E-state index contributed by atoms with van der Waals surface area (Å²) in [6.07, 6.45) is 3.69. The van der Waals surface area contributed by atoms with Crippen LogP contribution in [0.1, 0.15) is 32.3 Å². The molecule has 1 atom stereocenters. The number of allylic oxidation sites excluding steroid dienone is 1. The van der Waals surface area contributed by atoms with Gasteiger partial charge in [-0.25, -0.2) is 4.79 Å². The van der Waals surface area contributed by atoms with Gasteiger partial charge in [0.2, 0.25) is 0 Å². The number of ether oxygens (including phenoxy) is 4. The Morgan fingerprint density at radius 3 is 2.45 bits per heavy atom. The highest BCUT2D eigenvalue weighted by atomic mass is 16.5. The number of nitrogens with one attached hydrogen (secondary N) is 1. The zero-order chi connectivity index (χ0) is 27.1. The molecule has 0 spiro atoms. The second-order valence-electron chi connectivity index (χ2n) is 8.87. The number of carbonyl (C=O) groups excluding carboxylic acids is 3. The van der Waals surface area contributed by atoms with Gasteiger partial charge >= 0.3 is 5.97 Å². The Labute approximate surface area is 222 Å². The van der Waals surface area contributed by atoms with Crippen molar-refractivity contribution in [2.45, 2.75) is 32.8 Å². The summed E-state index contributed by atoms with van der Waals surface area (Å²) < 4.78 is 21.6. The van der Waals surface area contributed by atoms with Crippen molar-refractivity contribution in [2.75, 3.05) is 38.4 Å². The van der Waals surface area contributed by atoms with Crippen LogP contribution in [0.15, 0.2) is 65.4 Å². The number of amides is 2. The van der Waals surface area contributed by atoms with Crippen molar-refractivity contribution in [1.29, 1.82) is 0 Å². The van der Waals surface area contributed by atoms with Gasteiger partial charge in [-0.2, -0.15) is 0 Å². The highest BCUT2D eigenvalue weighted by Crippen LogP contribution is 2.36. The lowest BCUT2D eigenvalue weighted by Crippen LogP contribution is -2.35. The quantitative estimate of drug-likeness (QED) is 0.377. The topological polar surface area (TPSA) is 103 Å². The Hall–Kier alpha value is -4.11. The van der Waals surface area contributed by atoms with Crippen LogP contribution in [-0.4, -0.2) is 57.4 Å². The molecule has 0 aromatic heterocycles. The Morgan fingerprint density at radius 2 is 1.82 bits per heavy atom. The number of hydrogen-bond donors (Lipinski definition) is 1. The molecule has 2 amide bonds. The van der Waals surface area contributed by atoms with Crippen molar-refractivity contribution >= 4 is 29.5 Å². The zero-order valence-corrected chi connectivity index (χ0v) is 21.8. The summed E-state index contributed by atoms with van der Waals surface area (Å²) in [6, 6.07) is 14.0. The predicted octanol–water partition coefficient (Wildman–Crippen LogP) is 3.64. The summed E-state index contributed by atoms with van der Waals surface area (Å²) >= 11 is 0. The summed E-state index contributed by atoms with van der Waals surface area (Å²) in [4.78, 5) is 39.9. The fourth-order valence-electron chi connectivity index (χ4n) is 4.38. The molecule has 2 heterocycles. The number of rotatable bonds is 10. The monoisotopic (exact) mass is 520 g/mol. The molecule has 4 rings (SSSR count). The van der Waals surface area contributed by atoms with Crippen LogP contribution in [0.4, 0.5) is 5.69 Å². The molecule has 1 saturated heterocycles. The van der Waals surface area contributed by atoms with E-state index in [0.29, 0.717) is 35.0 Å². The molecule has 2 aromatic carbocycles. The van der Waals surface area contributed by atoms with Gasteiger partial charge in [-0.3, -0.25) is 14.5 Å². The number of hydrogen-bond acceptors (Lipinski definition) is 7. The maximum absolute atomic E-state index is 13.5. The summed E-state index contributed by atoms with van der Waals surface area (Å²) in [5.41, 5.74) is 2.24. The first kappa shape index (κ1) is 26.9. The van der Waals surface area contributed by atoms with E-state index in [1.54, 1.807) is 75.6 Å². The van der Waals surface area contributed by atoms with Crippen LogP contribution >= 0.6 is 0 Å². The van der Waals surface area contributed by atoms with Crippen molar-refractivity contribution < 1.29 is 33.3 Å². The fraction of sp³-hybridized carbons (Fsp3) is 0.345. The van der Waals surface area contributed by atoms with Crippen molar-refractivity contribution in [3.63, 3.8) is 0 Å². The van der Waals surface area contributed by atoms with Gasteiger partial charge < -0.3 is 24.3 Å². The van der Waals surface area contributed by atoms with E-state index in [0.717, 1.165) is 19.4 Å². The zero-order valence-electron chi connectivity index (χ0n) is 21.8. The third-order valence-electron chi connectivity index (χ3n) is 6.32. The summed E-state index contributed by atoms with van der Waals surface area (Å²) in [6.45, 7) is 4.73. The highest BCUT2D eigenvalue weighted by Gasteiger charge is 2.38. The normalized spacial score (nSPS) is 18.2. The van der Waals surface area contributed by atoms with Gasteiger partial charge in [-0.1, -0.05) is 12.1 Å². The molecular formula is C29H32N2O7. The summed E-state index contributed by atoms with van der Waals surface area (Å²) in [5.74, 6) is 0.0514. The van der Waals surface area contributed by atoms with Gasteiger partial charge in [0.15, 0.2) is 6.61 Å². The molecular weight excluding hydrogens is 488 g/mol. The van der Waals surface area contributed by atoms with E-state index in [-0.39, 0.29) is 42.3 Å². The lowest BCUT2D eigenvalue weighted by Gasteiger charge is -2.18. The lowest BCUT2D eigenvalue weighted by atomic mass is 10.0. The van der Waals surface area contributed by atoms with Gasteiger partial charge in [0.05, 0.1) is 31.0 Å². The molecule has 0 aliphatic carbocycles. The van der Waals surface area contributed by atoms with Crippen molar-refractivity contribution in [2.24, 2.45) is 0 Å². The van der Waals surface area contributed by atoms with Crippen LogP contribution in [0.3, 0.4) is 0 Å². The van der Waals surface area contributed by atoms with Crippen molar-refractivity contribution in [1.82, 2.24) is 5.32 Å². The number of methoxy groups -OCH3 is 1. The van der Waals surface area contributed by atoms with Gasteiger partial charge in [0.25, 0.3) is 11.8 Å². The smallest absolute Gasteiger partial charge is 0.340 e. The third kappa shape index (κ3) is 6.23. The largest absolute Gasteiger partial charge is 0.497 e. The molecule has 200 valence electrons. The van der Waals surface area contributed by atoms with Crippen LogP contribution in [-0.2, 0) is 23.9 Å². The average Bonchev–Trinajstić information content (AvgIpc) is 3.53. The third-order valence-corrected chi connectivity index (χ3v) is 6.32. The molecule has 2 aromatic rings. The summed E-state index contributed by atoms with van der Waals surface area (Å²) in [7, 11) is 1.57. The van der Waals surface area contributed by atoms with Crippen LogP contribution in [0.25, 0.3) is 6.08 Å². The van der Waals surface area contributed by atoms with Crippen LogP contribution < -0.4 is 19.7 Å². The van der Waals surface area contributed by atoms with Crippen LogP contribution in [0.2, 0.25) is 0 Å². The average molecular weight is 521 g/mol. The van der Waals surface area contributed by atoms with E-state index >= 15 is 0 Å². The molecule has 1 N–H and O–H groups in total. The number of carbonyl (C=O) groups is 3. The second kappa shape index (κ2) is 12.4. The number of nitrogens with zero attached hydrogens (tertiary/aromatic N) is 1. The number of anilines is 1. The molecule has 9 nitrogen and oxygen atoms in total. The highest BCUT2D eigenvalue weighted by molar-refractivity contribution is 6.23. The van der Waals surface area contributed by atoms with E-state index < -0.39 is 5.97 Å². The van der Waals surface area contributed by atoms with E-state index in [9.17, 15) is 14.4 Å². The van der Waals surface area contributed by atoms with Crippen molar-refractivity contribution in [3.8, 4) is 11.5 Å². The molecule has 2 aliphatic rings. The molecule has 2 aliphatic heterocycles. The van der Waals surface area contributed by atoms with Crippen LogP contribution in [0, 0.1) is 0 Å². The maximum Gasteiger partial charge on any atom is 0.340 e. The second-order valence-corrected chi connectivity index (χ2v) is 8.87. The fourth-order valence-corrected chi connectivity index (χ4v) is 4.38. The molecule has 1 unspecified atom stereocenters. The van der Waals surface area contributed by atoms with E-state index in [1.807, 2.05) is 0 Å². The van der Waals surface area contributed by atoms with Gasteiger partial charge in [-0.15, -0.1) is 0 Å². The number of esters is 1. The van der Waals surface area contributed by atoms with E-state index in [4.69, 9.17) is 18.9 Å². The molecule has 0 radical (unpaired) electrons. The molecule has 9 heteroatoms. The van der Waals surface area contributed by atoms with Gasteiger partial charge in [-0.05, 0) is 74.7 Å². The Bertz CT molecular complexity index is 1230. The molecule has 0 saturated carbocycles. The van der Waals surface area contributed by atoms with Gasteiger partial charge in [0, 0.05) is 24.5 Å². The minimum Gasteiger partial charge on any atom is -0.497 e. The molecule has 1 fully saturated rings. The first-order valence-corrected chi connectivity index (χ1v) is 12.6. The number of benzene rings is 2. The van der Waals surface area contributed by atoms with Gasteiger partial charge in [0.1, 0.15) is 11.5 Å². The minimum atomic E-state index is -0.561. The first-order valence-electron chi connectivity index (χ1n) is 12.6. The Balaban J connectivity index is 1.48. The lowest BCUT2D eigenvalue weighted by molar-refractivity contribution is -0.138. The maximum atomic E-state index is 13.5. The molecule has 38 heavy (non-hydrogen) atoms. The predicted molar refractivity (Wildman–Crippen MR) is 142 cm³/mol. The standard InChI is InChI=1S/C29H32N2O7/c1-4-36-29(34)27-19(2)31(21-9-13-22(35-3)14-10-21)28(33)25(27)16-20-7-11-23(12-8-20)38-18-26(32)30-17-24-6-5-15-37-24/h7-14,16,24H,4-6,15,17-18H2,1-3H3,(H,30,32)/b25-16-. The summed E-state index contributed by atoms with van der Waals surface area (Å²) in [5, 5.41) is 2.82. The van der Waals surface area contributed by atoms with E-state index in [2.05, 4.69) is 5.32 Å². The SMILES string of the molecule is CCOC(=O)C1=C(C)N(c2ccc(OC)cc2)C(=O)/C1=C\c1ccc(OCC(=O)NCC2CCCO2)cc1. The van der Waals surface area contributed by atoms with E-state index in [1.165, 1.54) is 4.90 Å². The van der Waals surface area contributed by atoms with Crippen LogP contribution in [0.5, 0.6) is 11.5 Å². The Morgan fingerprint density at radius 1 is 1.11 bits per heavy atom.